The van der Waals surface area contributed by atoms with Crippen LogP contribution < -0.4 is 0 Å². The summed E-state index contributed by atoms with van der Waals surface area (Å²) in [7, 11) is 0. The van der Waals surface area contributed by atoms with Crippen molar-refractivity contribution in [1.82, 2.24) is 0 Å². The van der Waals surface area contributed by atoms with Gasteiger partial charge in [-0.3, -0.25) is 0 Å². The standard InChI is InChI=1S/C16H18O8/c17-10-3-1-9(7-11(10)18)2-4-14(20)24-13-5-6-16(23,15(21)22)8-12(13)19/h1-4,7,12-13,17-19,23H,5-6,8H2,(H,21,22)/b4-2+. The molecule has 3 unspecified atom stereocenters. The number of phenolic OH excluding ortho intramolecular Hbond substituents is 2. The molecule has 2 rings (SSSR count). The molecule has 0 bridgehead atoms. The predicted molar refractivity (Wildman–Crippen MR) is 81.1 cm³/mol. The lowest BCUT2D eigenvalue weighted by atomic mass is 9.81. The third kappa shape index (κ3) is 4.03. The third-order valence-corrected chi connectivity index (χ3v) is 3.90. The van der Waals surface area contributed by atoms with Gasteiger partial charge in [-0.15, -0.1) is 0 Å². The first-order chi connectivity index (χ1) is 11.2. The van der Waals surface area contributed by atoms with Crippen molar-refractivity contribution in [1.29, 1.82) is 0 Å². The fraction of sp³-hybridized carbons (Fsp3) is 0.375. The Balaban J connectivity index is 1.94. The minimum Gasteiger partial charge on any atom is -0.504 e. The first kappa shape index (κ1) is 17.8. The highest BCUT2D eigenvalue weighted by Gasteiger charge is 2.45. The second-order valence-corrected chi connectivity index (χ2v) is 5.70. The summed E-state index contributed by atoms with van der Waals surface area (Å²) in [6.45, 7) is 0. The summed E-state index contributed by atoms with van der Waals surface area (Å²) in [4.78, 5) is 22.7. The van der Waals surface area contributed by atoms with Gasteiger partial charge in [0.1, 0.15) is 6.10 Å². The van der Waals surface area contributed by atoms with Crippen LogP contribution in [0.5, 0.6) is 11.5 Å². The molecule has 130 valence electrons. The van der Waals surface area contributed by atoms with Crippen LogP contribution in [0.1, 0.15) is 24.8 Å². The van der Waals surface area contributed by atoms with Crippen molar-refractivity contribution in [3.8, 4) is 11.5 Å². The van der Waals surface area contributed by atoms with E-state index in [1.165, 1.54) is 24.3 Å². The zero-order chi connectivity index (χ0) is 17.9. The number of carbonyl (C=O) groups excluding carboxylic acids is 1. The summed E-state index contributed by atoms with van der Waals surface area (Å²) in [5.41, 5.74) is -1.56. The second kappa shape index (κ2) is 6.90. The molecule has 0 aromatic heterocycles. The molecule has 0 aliphatic heterocycles. The normalized spacial score (nSPS) is 27.1. The molecule has 1 aliphatic rings. The Morgan fingerprint density at radius 1 is 1.25 bits per heavy atom. The van der Waals surface area contributed by atoms with Gasteiger partial charge in [0, 0.05) is 12.5 Å². The monoisotopic (exact) mass is 338 g/mol. The number of ether oxygens (including phenoxy) is 1. The summed E-state index contributed by atoms with van der Waals surface area (Å²) in [6, 6.07) is 3.99. The molecule has 0 heterocycles. The lowest BCUT2D eigenvalue weighted by molar-refractivity contribution is -0.178. The molecule has 1 aliphatic carbocycles. The van der Waals surface area contributed by atoms with E-state index in [1.807, 2.05) is 0 Å². The SMILES string of the molecule is O=C(/C=C/c1ccc(O)c(O)c1)OC1CCC(O)(C(=O)O)CC1O. The quantitative estimate of drug-likeness (QED) is 0.301. The van der Waals surface area contributed by atoms with Crippen molar-refractivity contribution in [3.05, 3.63) is 29.8 Å². The van der Waals surface area contributed by atoms with E-state index < -0.39 is 36.2 Å². The number of benzene rings is 1. The van der Waals surface area contributed by atoms with E-state index in [1.54, 1.807) is 0 Å². The average molecular weight is 338 g/mol. The number of carbonyl (C=O) groups is 2. The summed E-state index contributed by atoms with van der Waals surface area (Å²) in [6.07, 6.45) is -0.294. The highest BCUT2D eigenvalue weighted by Crippen LogP contribution is 2.31. The van der Waals surface area contributed by atoms with Crippen LogP contribution in [0.15, 0.2) is 24.3 Å². The summed E-state index contributed by atoms with van der Waals surface area (Å²) >= 11 is 0. The van der Waals surface area contributed by atoms with Gasteiger partial charge in [-0.25, -0.2) is 9.59 Å². The molecule has 24 heavy (non-hydrogen) atoms. The molecule has 8 nitrogen and oxygen atoms in total. The van der Waals surface area contributed by atoms with Gasteiger partial charge in [-0.05, 0) is 36.6 Å². The number of hydrogen-bond donors (Lipinski definition) is 5. The van der Waals surface area contributed by atoms with Gasteiger partial charge in [0.25, 0.3) is 0 Å². The van der Waals surface area contributed by atoms with Gasteiger partial charge in [0.05, 0.1) is 6.10 Å². The van der Waals surface area contributed by atoms with Crippen LogP contribution in [-0.4, -0.2) is 55.3 Å². The van der Waals surface area contributed by atoms with Crippen molar-refractivity contribution >= 4 is 18.0 Å². The molecule has 1 fully saturated rings. The third-order valence-electron chi connectivity index (χ3n) is 3.90. The Kier molecular flexibility index (Phi) is 5.10. The molecule has 1 aromatic carbocycles. The number of aliphatic carboxylic acids is 1. The van der Waals surface area contributed by atoms with Gasteiger partial charge >= 0.3 is 11.9 Å². The minimum atomic E-state index is -2.01. The van der Waals surface area contributed by atoms with Crippen LogP contribution in [0.25, 0.3) is 6.08 Å². The summed E-state index contributed by atoms with van der Waals surface area (Å²) in [5.74, 6) is -2.79. The maximum atomic E-state index is 11.8. The number of carboxylic acids is 1. The fourth-order valence-electron chi connectivity index (χ4n) is 2.48. The lowest BCUT2D eigenvalue weighted by Gasteiger charge is -2.35. The van der Waals surface area contributed by atoms with Crippen LogP contribution in [-0.2, 0) is 14.3 Å². The van der Waals surface area contributed by atoms with Gasteiger partial charge in [-0.2, -0.15) is 0 Å². The molecule has 3 atom stereocenters. The van der Waals surface area contributed by atoms with Gasteiger partial charge in [0.15, 0.2) is 17.1 Å². The van der Waals surface area contributed by atoms with Crippen LogP contribution in [0.3, 0.4) is 0 Å². The zero-order valence-electron chi connectivity index (χ0n) is 12.6. The Labute approximate surface area is 137 Å². The smallest absolute Gasteiger partial charge is 0.335 e. The molecular weight excluding hydrogens is 320 g/mol. The van der Waals surface area contributed by atoms with Crippen molar-refractivity contribution < 1.29 is 39.9 Å². The van der Waals surface area contributed by atoms with Crippen molar-refractivity contribution in [3.63, 3.8) is 0 Å². The molecule has 1 saturated carbocycles. The molecule has 1 aromatic rings. The van der Waals surface area contributed by atoms with Gasteiger partial charge in [-0.1, -0.05) is 6.07 Å². The largest absolute Gasteiger partial charge is 0.504 e. The summed E-state index contributed by atoms with van der Waals surface area (Å²) in [5, 5.41) is 47.1. The number of phenols is 2. The Hall–Kier alpha value is -2.58. The van der Waals surface area contributed by atoms with Gasteiger partial charge in [0.2, 0.25) is 0 Å². The van der Waals surface area contributed by atoms with E-state index in [0.29, 0.717) is 5.56 Å². The van der Waals surface area contributed by atoms with Crippen LogP contribution in [0.2, 0.25) is 0 Å². The number of carboxylic acid groups (broad SMARTS) is 1. The topological polar surface area (TPSA) is 145 Å². The first-order valence-electron chi connectivity index (χ1n) is 7.26. The van der Waals surface area contributed by atoms with Crippen molar-refractivity contribution in [2.45, 2.75) is 37.1 Å². The summed E-state index contributed by atoms with van der Waals surface area (Å²) < 4.78 is 5.06. The fourth-order valence-corrected chi connectivity index (χ4v) is 2.48. The van der Waals surface area contributed by atoms with E-state index >= 15 is 0 Å². The van der Waals surface area contributed by atoms with E-state index in [-0.39, 0.29) is 24.3 Å². The van der Waals surface area contributed by atoms with Crippen LogP contribution >= 0.6 is 0 Å². The van der Waals surface area contributed by atoms with Crippen LogP contribution in [0.4, 0.5) is 0 Å². The lowest BCUT2D eigenvalue weighted by Crippen LogP contribution is -2.50. The van der Waals surface area contributed by atoms with Crippen molar-refractivity contribution in [2.75, 3.05) is 0 Å². The van der Waals surface area contributed by atoms with Crippen LogP contribution in [0, 0.1) is 0 Å². The molecule has 0 amide bonds. The molecule has 0 saturated heterocycles. The number of rotatable bonds is 4. The minimum absolute atomic E-state index is 0.0174. The predicted octanol–water partition coefficient (Wildman–Crippen LogP) is 0.383. The number of aliphatic hydroxyl groups is 2. The Morgan fingerprint density at radius 2 is 1.96 bits per heavy atom. The highest BCUT2D eigenvalue weighted by atomic mass is 16.6. The average Bonchev–Trinajstić information content (AvgIpc) is 2.51. The molecular formula is C16H18O8. The molecule has 8 heteroatoms. The number of hydrogen-bond acceptors (Lipinski definition) is 7. The van der Waals surface area contributed by atoms with E-state index in [0.717, 1.165) is 6.08 Å². The van der Waals surface area contributed by atoms with Crippen molar-refractivity contribution in [2.24, 2.45) is 0 Å². The number of aromatic hydroxyl groups is 2. The molecule has 0 radical (unpaired) electrons. The maximum absolute atomic E-state index is 11.8. The van der Waals surface area contributed by atoms with E-state index in [9.17, 15) is 30.0 Å². The zero-order valence-corrected chi connectivity index (χ0v) is 12.6. The van der Waals surface area contributed by atoms with E-state index in [4.69, 9.17) is 9.84 Å². The van der Waals surface area contributed by atoms with Gasteiger partial charge < -0.3 is 30.3 Å². The maximum Gasteiger partial charge on any atom is 0.335 e. The molecule has 0 spiro atoms. The Bertz CT molecular complexity index is 668. The molecule has 5 N–H and O–H groups in total. The highest BCUT2D eigenvalue weighted by molar-refractivity contribution is 5.87. The number of esters is 1. The van der Waals surface area contributed by atoms with E-state index in [2.05, 4.69) is 0 Å². The number of aliphatic hydroxyl groups excluding tert-OH is 1. The second-order valence-electron chi connectivity index (χ2n) is 5.70. The first-order valence-corrected chi connectivity index (χ1v) is 7.26. The Morgan fingerprint density at radius 3 is 2.54 bits per heavy atom.